The predicted molar refractivity (Wildman–Crippen MR) is 85.7 cm³/mol. The highest BCUT2D eigenvalue weighted by molar-refractivity contribution is 5.34. The van der Waals surface area contributed by atoms with E-state index in [1.807, 2.05) is 6.92 Å². The van der Waals surface area contributed by atoms with Crippen molar-refractivity contribution in [3.05, 3.63) is 34.9 Å². The normalized spacial score (nSPS) is 13.5. The van der Waals surface area contributed by atoms with Crippen molar-refractivity contribution in [3.8, 4) is 0 Å². The summed E-state index contributed by atoms with van der Waals surface area (Å²) in [5, 5.41) is 0. The molecule has 3 N–H and O–H groups in total. The van der Waals surface area contributed by atoms with Gasteiger partial charge < -0.3 is 4.74 Å². The van der Waals surface area contributed by atoms with Crippen LogP contribution in [-0.2, 0) is 11.2 Å². The standard InChI is InChI=1S/C17H30N2O/c1-6-17(7-2,20-8-3)16(19-18)12-15-13(4)10-9-11-14(15)5/h9-11,16,19H,6-8,12,18H2,1-5H3. The summed E-state index contributed by atoms with van der Waals surface area (Å²) in [7, 11) is 0. The van der Waals surface area contributed by atoms with Gasteiger partial charge in [0.15, 0.2) is 0 Å². The lowest BCUT2D eigenvalue weighted by Gasteiger charge is -2.39. The fourth-order valence-electron chi connectivity index (χ4n) is 3.11. The van der Waals surface area contributed by atoms with Crippen molar-refractivity contribution >= 4 is 0 Å². The number of nitrogens with two attached hydrogens (primary N) is 1. The molecule has 0 bridgehead atoms. The molecule has 1 aromatic rings. The molecular formula is C17H30N2O. The van der Waals surface area contributed by atoms with Crippen LogP contribution < -0.4 is 11.3 Å². The zero-order chi connectivity index (χ0) is 15.2. The Bertz CT molecular complexity index is 393. The highest BCUT2D eigenvalue weighted by atomic mass is 16.5. The maximum absolute atomic E-state index is 6.09. The van der Waals surface area contributed by atoms with Crippen LogP contribution in [0.15, 0.2) is 18.2 Å². The minimum Gasteiger partial charge on any atom is -0.374 e. The molecule has 0 aliphatic rings. The van der Waals surface area contributed by atoms with Crippen molar-refractivity contribution < 1.29 is 4.74 Å². The topological polar surface area (TPSA) is 47.3 Å². The molecule has 0 aliphatic heterocycles. The zero-order valence-electron chi connectivity index (χ0n) is 13.6. The second-order valence-electron chi connectivity index (χ2n) is 5.50. The molecule has 114 valence electrons. The predicted octanol–water partition coefficient (Wildman–Crippen LogP) is 3.27. The van der Waals surface area contributed by atoms with E-state index in [9.17, 15) is 0 Å². The molecule has 0 amide bonds. The molecule has 1 unspecified atom stereocenters. The quantitative estimate of drug-likeness (QED) is 0.567. The molecule has 0 spiro atoms. The number of ether oxygens (including phenoxy) is 1. The minimum atomic E-state index is -0.196. The number of nitrogens with one attached hydrogen (secondary N) is 1. The van der Waals surface area contributed by atoms with E-state index in [2.05, 4.69) is 51.3 Å². The van der Waals surface area contributed by atoms with Crippen molar-refractivity contribution in [3.63, 3.8) is 0 Å². The summed E-state index contributed by atoms with van der Waals surface area (Å²) in [6.07, 6.45) is 2.81. The smallest absolute Gasteiger partial charge is 0.0846 e. The van der Waals surface area contributed by atoms with Crippen LogP contribution in [0.5, 0.6) is 0 Å². The van der Waals surface area contributed by atoms with Gasteiger partial charge >= 0.3 is 0 Å². The van der Waals surface area contributed by atoms with Crippen molar-refractivity contribution in [1.82, 2.24) is 5.43 Å². The van der Waals surface area contributed by atoms with Crippen LogP contribution in [0.2, 0.25) is 0 Å². The Morgan fingerprint density at radius 2 is 1.70 bits per heavy atom. The van der Waals surface area contributed by atoms with E-state index in [0.29, 0.717) is 6.61 Å². The summed E-state index contributed by atoms with van der Waals surface area (Å²) in [4.78, 5) is 0. The SMILES string of the molecule is CCOC(CC)(CC)C(Cc1c(C)cccc1C)NN. The first-order chi connectivity index (χ1) is 9.54. The molecule has 0 aliphatic carbocycles. The fourth-order valence-corrected chi connectivity index (χ4v) is 3.11. The van der Waals surface area contributed by atoms with Gasteiger partial charge in [0, 0.05) is 6.61 Å². The van der Waals surface area contributed by atoms with Crippen LogP contribution >= 0.6 is 0 Å². The van der Waals surface area contributed by atoms with Crippen LogP contribution in [0.25, 0.3) is 0 Å². The number of hydrogen-bond donors (Lipinski definition) is 2. The third kappa shape index (κ3) is 3.60. The van der Waals surface area contributed by atoms with Gasteiger partial charge in [0.2, 0.25) is 0 Å². The molecule has 0 saturated heterocycles. The molecule has 0 heterocycles. The van der Waals surface area contributed by atoms with E-state index in [1.54, 1.807) is 0 Å². The molecule has 3 nitrogen and oxygen atoms in total. The van der Waals surface area contributed by atoms with Gasteiger partial charge in [-0.05, 0) is 56.7 Å². The Hall–Kier alpha value is -0.900. The molecule has 3 heteroatoms. The maximum Gasteiger partial charge on any atom is 0.0846 e. The second-order valence-corrected chi connectivity index (χ2v) is 5.50. The van der Waals surface area contributed by atoms with Gasteiger partial charge in [-0.15, -0.1) is 0 Å². The summed E-state index contributed by atoms with van der Waals surface area (Å²) >= 11 is 0. The van der Waals surface area contributed by atoms with Gasteiger partial charge in [-0.3, -0.25) is 11.3 Å². The number of rotatable bonds is 8. The van der Waals surface area contributed by atoms with Crippen LogP contribution in [0, 0.1) is 13.8 Å². The first-order valence-electron chi connectivity index (χ1n) is 7.69. The molecule has 0 radical (unpaired) electrons. The molecule has 0 aromatic heterocycles. The Kier molecular flexibility index (Phi) is 6.66. The van der Waals surface area contributed by atoms with E-state index in [4.69, 9.17) is 10.6 Å². The van der Waals surface area contributed by atoms with Crippen LogP contribution in [0.1, 0.15) is 50.3 Å². The highest BCUT2D eigenvalue weighted by Crippen LogP contribution is 2.28. The Balaban J connectivity index is 3.06. The average Bonchev–Trinajstić information content (AvgIpc) is 2.45. The van der Waals surface area contributed by atoms with E-state index >= 15 is 0 Å². The zero-order valence-corrected chi connectivity index (χ0v) is 13.6. The lowest BCUT2D eigenvalue weighted by molar-refractivity contribution is -0.0720. The summed E-state index contributed by atoms with van der Waals surface area (Å²) < 4.78 is 6.09. The molecule has 1 aromatic carbocycles. The largest absolute Gasteiger partial charge is 0.374 e. The van der Waals surface area contributed by atoms with Gasteiger partial charge in [0.1, 0.15) is 0 Å². The average molecular weight is 278 g/mol. The Morgan fingerprint density at radius 1 is 1.15 bits per heavy atom. The number of aryl methyl sites for hydroxylation is 2. The maximum atomic E-state index is 6.09. The van der Waals surface area contributed by atoms with E-state index in [-0.39, 0.29) is 11.6 Å². The van der Waals surface area contributed by atoms with E-state index in [0.717, 1.165) is 19.3 Å². The summed E-state index contributed by atoms with van der Waals surface area (Å²) in [5.41, 5.74) is 6.83. The van der Waals surface area contributed by atoms with Crippen molar-refractivity contribution in [2.75, 3.05) is 6.61 Å². The van der Waals surface area contributed by atoms with Crippen molar-refractivity contribution in [2.24, 2.45) is 5.84 Å². The van der Waals surface area contributed by atoms with Crippen LogP contribution in [-0.4, -0.2) is 18.2 Å². The molecule has 0 saturated carbocycles. The van der Waals surface area contributed by atoms with E-state index in [1.165, 1.54) is 16.7 Å². The van der Waals surface area contributed by atoms with Gasteiger partial charge in [0.05, 0.1) is 11.6 Å². The van der Waals surface area contributed by atoms with Gasteiger partial charge in [-0.25, -0.2) is 0 Å². The number of hydrogen-bond acceptors (Lipinski definition) is 3. The molecular weight excluding hydrogens is 248 g/mol. The third-order valence-corrected chi connectivity index (χ3v) is 4.52. The van der Waals surface area contributed by atoms with Crippen molar-refractivity contribution in [2.45, 2.75) is 65.5 Å². The first kappa shape index (κ1) is 17.2. The second kappa shape index (κ2) is 7.77. The first-order valence-corrected chi connectivity index (χ1v) is 7.69. The van der Waals surface area contributed by atoms with Crippen molar-refractivity contribution in [1.29, 1.82) is 0 Å². The molecule has 0 fully saturated rings. The number of hydrazine groups is 1. The van der Waals surface area contributed by atoms with Gasteiger partial charge in [0.25, 0.3) is 0 Å². The third-order valence-electron chi connectivity index (χ3n) is 4.52. The lowest BCUT2D eigenvalue weighted by Crippen LogP contribution is -2.55. The van der Waals surface area contributed by atoms with Crippen LogP contribution in [0.3, 0.4) is 0 Å². The van der Waals surface area contributed by atoms with Gasteiger partial charge in [-0.1, -0.05) is 32.0 Å². The fraction of sp³-hybridized carbons (Fsp3) is 0.647. The summed E-state index contributed by atoms with van der Waals surface area (Å²) in [5.74, 6) is 5.86. The Labute approximate surface area is 123 Å². The van der Waals surface area contributed by atoms with E-state index < -0.39 is 0 Å². The monoisotopic (exact) mass is 278 g/mol. The molecule has 1 atom stereocenters. The Morgan fingerprint density at radius 3 is 2.10 bits per heavy atom. The number of benzene rings is 1. The molecule has 1 rings (SSSR count). The molecule has 20 heavy (non-hydrogen) atoms. The van der Waals surface area contributed by atoms with Gasteiger partial charge in [-0.2, -0.15) is 0 Å². The minimum absolute atomic E-state index is 0.122. The highest BCUT2D eigenvalue weighted by Gasteiger charge is 2.36. The lowest BCUT2D eigenvalue weighted by atomic mass is 9.83. The summed E-state index contributed by atoms with van der Waals surface area (Å²) in [6.45, 7) is 11.4. The summed E-state index contributed by atoms with van der Waals surface area (Å²) in [6, 6.07) is 6.55. The van der Waals surface area contributed by atoms with Crippen LogP contribution in [0.4, 0.5) is 0 Å².